The average Bonchev–Trinajstić information content (AvgIpc) is 2.46. The minimum Gasteiger partial charge on any atom is -0.484 e. The van der Waals surface area contributed by atoms with Gasteiger partial charge in [-0.2, -0.15) is 0 Å². The second-order valence-electron chi connectivity index (χ2n) is 5.12. The highest BCUT2D eigenvalue weighted by molar-refractivity contribution is 6.30. The molecule has 1 atom stereocenters. The van der Waals surface area contributed by atoms with E-state index in [2.05, 4.69) is 26.0 Å². The summed E-state index contributed by atoms with van der Waals surface area (Å²) in [6, 6.07) is 15.8. The Morgan fingerprint density at radius 1 is 0.950 bits per heavy atom. The zero-order valence-corrected chi connectivity index (χ0v) is 12.6. The van der Waals surface area contributed by atoms with E-state index in [0.29, 0.717) is 17.5 Å². The molecule has 2 nitrogen and oxygen atoms in total. The molecular weight excluding hydrogens is 270 g/mol. The zero-order valence-electron chi connectivity index (χ0n) is 11.8. The van der Waals surface area contributed by atoms with E-state index in [0.717, 1.165) is 11.3 Å². The first-order chi connectivity index (χ1) is 9.60. The predicted octanol–water partition coefficient (Wildman–Crippen LogP) is 4.54. The number of nitrogens with two attached hydrogens (primary N) is 1. The van der Waals surface area contributed by atoms with Gasteiger partial charge in [-0.25, -0.2) is 0 Å². The van der Waals surface area contributed by atoms with Crippen LogP contribution in [0.2, 0.25) is 5.02 Å². The quantitative estimate of drug-likeness (QED) is 0.877. The number of halogens is 1. The van der Waals surface area contributed by atoms with Crippen LogP contribution in [-0.4, -0.2) is 6.54 Å². The van der Waals surface area contributed by atoms with Crippen molar-refractivity contribution in [3.8, 4) is 5.75 Å². The molecule has 2 aromatic carbocycles. The summed E-state index contributed by atoms with van der Waals surface area (Å²) in [6.45, 7) is 4.77. The fraction of sp³-hybridized carbons (Fsp3) is 0.294. The number of ether oxygens (including phenoxy) is 1. The molecule has 0 aliphatic heterocycles. The van der Waals surface area contributed by atoms with Crippen molar-refractivity contribution in [1.82, 2.24) is 0 Å². The summed E-state index contributed by atoms with van der Waals surface area (Å²) < 4.78 is 5.96. The monoisotopic (exact) mass is 289 g/mol. The lowest BCUT2D eigenvalue weighted by atomic mass is 10.0. The third-order valence-electron chi connectivity index (χ3n) is 3.28. The molecule has 0 aliphatic carbocycles. The second kappa shape index (κ2) is 6.78. The standard InChI is InChI=1S/C17H20ClNO/c1-12(2)13-5-9-16(10-6-13)20-17(11-19)14-3-7-15(18)8-4-14/h3-10,12,17H,11,19H2,1-2H3. The molecule has 1 unspecified atom stereocenters. The molecule has 0 saturated carbocycles. The van der Waals surface area contributed by atoms with Gasteiger partial charge in [-0.05, 0) is 41.3 Å². The summed E-state index contributed by atoms with van der Waals surface area (Å²) in [5.41, 5.74) is 8.14. The first-order valence-electron chi connectivity index (χ1n) is 6.82. The smallest absolute Gasteiger partial charge is 0.136 e. The fourth-order valence-corrected chi connectivity index (χ4v) is 2.15. The van der Waals surface area contributed by atoms with E-state index in [9.17, 15) is 0 Å². The SMILES string of the molecule is CC(C)c1ccc(OC(CN)c2ccc(Cl)cc2)cc1. The first-order valence-corrected chi connectivity index (χ1v) is 7.20. The average molecular weight is 290 g/mol. The molecule has 20 heavy (non-hydrogen) atoms. The minimum absolute atomic E-state index is 0.155. The van der Waals surface area contributed by atoms with E-state index >= 15 is 0 Å². The van der Waals surface area contributed by atoms with Crippen molar-refractivity contribution < 1.29 is 4.74 Å². The number of benzene rings is 2. The van der Waals surface area contributed by atoms with Crippen LogP contribution in [0.15, 0.2) is 48.5 Å². The predicted molar refractivity (Wildman–Crippen MR) is 84.4 cm³/mol. The zero-order chi connectivity index (χ0) is 14.5. The summed E-state index contributed by atoms with van der Waals surface area (Å²) in [5, 5.41) is 0.714. The number of hydrogen-bond donors (Lipinski definition) is 1. The van der Waals surface area contributed by atoms with E-state index in [4.69, 9.17) is 22.1 Å². The first kappa shape index (κ1) is 14.9. The molecule has 0 heterocycles. The molecule has 2 rings (SSSR count). The summed E-state index contributed by atoms with van der Waals surface area (Å²) in [4.78, 5) is 0. The van der Waals surface area contributed by atoms with E-state index in [1.807, 2.05) is 36.4 Å². The van der Waals surface area contributed by atoms with E-state index < -0.39 is 0 Å². The lowest BCUT2D eigenvalue weighted by Gasteiger charge is -2.18. The van der Waals surface area contributed by atoms with E-state index in [-0.39, 0.29) is 6.10 Å². The van der Waals surface area contributed by atoms with E-state index in [1.54, 1.807) is 0 Å². The molecule has 0 spiro atoms. The van der Waals surface area contributed by atoms with Crippen LogP contribution >= 0.6 is 11.6 Å². The highest BCUT2D eigenvalue weighted by Crippen LogP contribution is 2.24. The largest absolute Gasteiger partial charge is 0.484 e. The van der Waals surface area contributed by atoms with Crippen molar-refractivity contribution >= 4 is 11.6 Å². The molecule has 0 aliphatic rings. The Morgan fingerprint density at radius 2 is 1.50 bits per heavy atom. The summed E-state index contributed by atoms with van der Waals surface area (Å²) in [7, 11) is 0. The summed E-state index contributed by atoms with van der Waals surface area (Å²) >= 11 is 5.89. The van der Waals surface area contributed by atoms with Crippen molar-refractivity contribution in [2.75, 3.05) is 6.54 Å². The van der Waals surface area contributed by atoms with Crippen molar-refractivity contribution in [2.24, 2.45) is 5.73 Å². The maximum atomic E-state index is 5.96. The summed E-state index contributed by atoms with van der Waals surface area (Å²) in [5.74, 6) is 1.35. The third kappa shape index (κ3) is 3.75. The van der Waals surface area contributed by atoms with Crippen molar-refractivity contribution in [3.63, 3.8) is 0 Å². The maximum Gasteiger partial charge on any atom is 0.136 e. The Balaban J connectivity index is 2.11. The van der Waals surface area contributed by atoms with Gasteiger partial charge in [-0.1, -0.05) is 49.7 Å². The van der Waals surface area contributed by atoms with Crippen molar-refractivity contribution in [3.05, 3.63) is 64.7 Å². The molecule has 0 amide bonds. The van der Waals surface area contributed by atoms with Crippen LogP contribution in [0, 0.1) is 0 Å². The minimum atomic E-state index is -0.155. The Labute approximate surface area is 125 Å². The van der Waals surface area contributed by atoms with Gasteiger partial charge < -0.3 is 10.5 Å². The molecule has 2 N–H and O–H groups in total. The van der Waals surface area contributed by atoms with Crippen molar-refractivity contribution in [1.29, 1.82) is 0 Å². The van der Waals surface area contributed by atoms with Gasteiger partial charge in [0.2, 0.25) is 0 Å². The Kier molecular flexibility index (Phi) is 5.05. The van der Waals surface area contributed by atoms with Gasteiger partial charge in [0.15, 0.2) is 0 Å². The number of hydrogen-bond acceptors (Lipinski definition) is 2. The molecule has 0 saturated heterocycles. The maximum absolute atomic E-state index is 5.96. The third-order valence-corrected chi connectivity index (χ3v) is 3.53. The Hall–Kier alpha value is -1.51. The normalized spacial score (nSPS) is 12.4. The highest BCUT2D eigenvalue weighted by Gasteiger charge is 2.11. The van der Waals surface area contributed by atoms with Crippen LogP contribution in [0.5, 0.6) is 5.75 Å². The Bertz CT molecular complexity index is 534. The molecule has 0 fully saturated rings. The Morgan fingerprint density at radius 3 is 2.00 bits per heavy atom. The van der Waals surface area contributed by atoms with Crippen LogP contribution in [0.25, 0.3) is 0 Å². The molecular formula is C17H20ClNO. The topological polar surface area (TPSA) is 35.2 Å². The van der Waals surface area contributed by atoms with Crippen LogP contribution in [0.4, 0.5) is 0 Å². The molecule has 2 aromatic rings. The fourth-order valence-electron chi connectivity index (χ4n) is 2.03. The second-order valence-corrected chi connectivity index (χ2v) is 5.55. The number of rotatable bonds is 5. The summed E-state index contributed by atoms with van der Waals surface area (Å²) in [6.07, 6.45) is -0.155. The van der Waals surface area contributed by atoms with E-state index in [1.165, 1.54) is 5.56 Å². The van der Waals surface area contributed by atoms with Gasteiger partial charge in [-0.3, -0.25) is 0 Å². The van der Waals surface area contributed by atoms with Gasteiger partial charge in [0.1, 0.15) is 11.9 Å². The molecule has 0 bridgehead atoms. The van der Waals surface area contributed by atoms with Gasteiger partial charge in [0, 0.05) is 11.6 Å². The molecule has 0 aromatic heterocycles. The van der Waals surface area contributed by atoms with Crippen molar-refractivity contribution in [2.45, 2.75) is 25.9 Å². The lowest BCUT2D eigenvalue weighted by Crippen LogP contribution is -2.18. The molecule has 106 valence electrons. The van der Waals surface area contributed by atoms with Gasteiger partial charge >= 0.3 is 0 Å². The van der Waals surface area contributed by atoms with Crippen LogP contribution in [0.1, 0.15) is 37.0 Å². The van der Waals surface area contributed by atoms with Crippen LogP contribution in [0.3, 0.4) is 0 Å². The van der Waals surface area contributed by atoms with Gasteiger partial charge in [0.05, 0.1) is 0 Å². The van der Waals surface area contributed by atoms with Crippen LogP contribution in [-0.2, 0) is 0 Å². The lowest BCUT2D eigenvalue weighted by molar-refractivity contribution is 0.214. The van der Waals surface area contributed by atoms with Gasteiger partial charge in [-0.15, -0.1) is 0 Å². The van der Waals surface area contributed by atoms with Gasteiger partial charge in [0.25, 0.3) is 0 Å². The van der Waals surface area contributed by atoms with Crippen LogP contribution < -0.4 is 10.5 Å². The molecule has 3 heteroatoms. The molecule has 0 radical (unpaired) electrons. The highest BCUT2D eigenvalue weighted by atomic mass is 35.5.